The Bertz CT molecular complexity index is 456. The van der Waals surface area contributed by atoms with Crippen LogP contribution in [-0.4, -0.2) is 11.0 Å². The molecule has 2 N–H and O–H groups in total. The van der Waals surface area contributed by atoms with Gasteiger partial charge in [-0.25, -0.2) is 5.84 Å². The van der Waals surface area contributed by atoms with Gasteiger partial charge in [0.25, 0.3) is 5.69 Å². The van der Waals surface area contributed by atoms with Crippen molar-refractivity contribution in [3.8, 4) is 12.1 Å². The van der Waals surface area contributed by atoms with Crippen molar-refractivity contribution in [3.63, 3.8) is 0 Å². The number of nitrogens with two attached hydrogens (primary N) is 1. The highest BCUT2D eigenvalue weighted by atomic mass is 16.6. The van der Waals surface area contributed by atoms with Gasteiger partial charge in [-0.05, 0) is 12.1 Å². The third-order valence-corrected chi connectivity index (χ3v) is 1.88. The fourth-order valence-corrected chi connectivity index (χ4v) is 1.05. The topological polar surface area (TPSA) is 120 Å². The van der Waals surface area contributed by atoms with Gasteiger partial charge in [0.2, 0.25) is 6.04 Å². The van der Waals surface area contributed by atoms with Gasteiger partial charge < -0.3 is 0 Å². The predicted octanol–water partition coefficient (Wildman–Crippen LogP) is 0.691. The maximum absolute atomic E-state index is 10.4. The third-order valence-electron chi connectivity index (χ3n) is 1.88. The number of rotatable bonds is 3. The SMILES string of the molecule is N#CC(C#N)N(N)c1ccc([N+](=O)[O-])cc1. The Morgan fingerprint density at radius 3 is 2.19 bits per heavy atom. The van der Waals surface area contributed by atoms with E-state index >= 15 is 0 Å². The Balaban J connectivity index is 2.95. The van der Waals surface area contributed by atoms with Crippen LogP contribution in [0.5, 0.6) is 0 Å². The van der Waals surface area contributed by atoms with Gasteiger partial charge >= 0.3 is 0 Å². The maximum Gasteiger partial charge on any atom is 0.269 e. The molecule has 1 aromatic rings. The number of nitro groups is 1. The average Bonchev–Trinajstić information content (AvgIpc) is 2.30. The summed E-state index contributed by atoms with van der Waals surface area (Å²) in [5.41, 5.74) is 0.279. The third kappa shape index (κ3) is 2.23. The summed E-state index contributed by atoms with van der Waals surface area (Å²) in [5, 5.41) is 28.5. The highest BCUT2D eigenvalue weighted by Gasteiger charge is 2.15. The first-order valence-corrected chi connectivity index (χ1v) is 4.17. The van der Waals surface area contributed by atoms with Crippen LogP contribution >= 0.6 is 0 Å². The molecule has 0 saturated carbocycles. The molecule has 0 unspecified atom stereocenters. The molecule has 0 aliphatic carbocycles. The molecule has 1 aromatic carbocycles. The monoisotopic (exact) mass is 217 g/mol. The molecule has 0 heterocycles. The minimum Gasteiger partial charge on any atom is -0.280 e. The zero-order valence-electron chi connectivity index (χ0n) is 8.07. The Morgan fingerprint density at radius 2 is 1.81 bits per heavy atom. The minimum atomic E-state index is -1.12. The highest BCUT2D eigenvalue weighted by molar-refractivity contribution is 5.52. The summed E-state index contributed by atoms with van der Waals surface area (Å²) in [6.45, 7) is 0. The van der Waals surface area contributed by atoms with Crippen LogP contribution in [0.3, 0.4) is 0 Å². The number of hydrazine groups is 1. The number of benzene rings is 1. The van der Waals surface area contributed by atoms with Crippen LogP contribution in [0.1, 0.15) is 0 Å². The van der Waals surface area contributed by atoms with Crippen molar-refractivity contribution in [1.82, 2.24) is 0 Å². The van der Waals surface area contributed by atoms with Gasteiger partial charge in [-0.3, -0.25) is 15.1 Å². The first-order valence-electron chi connectivity index (χ1n) is 4.17. The van der Waals surface area contributed by atoms with E-state index in [1.165, 1.54) is 24.3 Å². The van der Waals surface area contributed by atoms with E-state index in [4.69, 9.17) is 16.4 Å². The number of non-ortho nitro benzene ring substituents is 1. The highest BCUT2D eigenvalue weighted by Crippen LogP contribution is 2.18. The smallest absolute Gasteiger partial charge is 0.269 e. The lowest BCUT2D eigenvalue weighted by atomic mass is 10.2. The van der Waals surface area contributed by atoms with Crippen molar-refractivity contribution in [1.29, 1.82) is 10.5 Å². The van der Waals surface area contributed by atoms with E-state index in [-0.39, 0.29) is 5.69 Å². The first kappa shape index (κ1) is 11.4. The van der Waals surface area contributed by atoms with Gasteiger partial charge in [0.1, 0.15) is 12.1 Å². The van der Waals surface area contributed by atoms with Crippen LogP contribution < -0.4 is 10.9 Å². The lowest BCUT2D eigenvalue weighted by Crippen LogP contribution is -2.39. The summed E-state index contributed by atoms with van der Waals surface area (Å²) in [5.74, 6) is 5.50. The van der Waals surface area contributed by atoms with Gasteiger partial charge in [0, 0.05) is 12.1 Å². The quantitative estimate of drug-likeness (QED) is 0.451. The van der Waals surface area contributed by atoms with Crippen molar-refractivity contribution in [2.45, 2.75) is 6.04 Å². The van der Waals surface area contributed by atoms with Gasteiger partial charge in [-0.1, -0.05) is 0 Å². The molecular weight excluding hydrogens is 210 g/mol. The van der Waals surface area contributed by atoms with Crippen LogP contribution in [0, 0.1) is 32.8 Å². The molecule has 16 heavy (non-hydrogen) atoms. The lowest BCUT2D eigenvalue weighted by Gasteiger charge is -2.18. The van der Waals surface area contributed by atoms with Crippen molar-refractivity contribution in [3.05, 3.63) is 34.4 Å². The first-order chi connectivity index (χ1) is 7.60. The second kappa shape index (κ2) is 4.73. The Hall–Kier alpha value is -2.64. The molecule has 0 saturated heterocycles. The Kier molecular flexibility index (Phi) is 3.38. The van der Waals surface area contributed by atoms with Gasteiger partial charge in [0.05, 0.1) is 10.6 Å². The molecule has 0 aromatic heterocycles. The summed E-state index contributed by atoms with van der Waals surface area (Å²) in [6, 6.07) is 7.51. The molecular formula is C9H7N5O2. The molecule has 0 spiro atoms. The molecule has 0 amide bonds. The maximum atomic E-state index is 10.4. The summed E-state index contributed by atoms with van der Waals surface area (Å²) >= 11 is 0. The molecule has 1 rings (SSSR count). The largest absolute Gasteiger partial charge is 0.280 e. The second-order valence-corrected chi connectivity index (χ2v) is 2.84. The van der Waals surface area contributed by atoms with Crippen LogP contribution in [0.15, 0.2) is 24.3 Å². The van der Waals surface area contributed by atoms with Gasteiger partial charge in [0.15, 0.2) is 0 Å². The molecule has 0 aliphatic heterocycles. The van der Waals surface area contributed by atoms with E-state index in [0.717, 1.165) is 5.01 Å². The number of hydrogen-bond acceptors (Lipinski definition) is 6. The van der Waals surface area contributed by atoms with Crippen molar-refractivity contribution in [2.24, 2.45) is 5.84 Å². The van der Waals surface area contributed by atoms with Crippen LogP contribution in [0.4, 0.5) is 11.4 Å². The van der Waals surface area contributed by atoms with E-state index in [2.05, 4.69) is 0 Å². The number of anilines is 1. The number of nitrogens with zero attached hydrogens (tertiary/aromatic N) is 4. The van der Waals surface area contributed by atoms with E-state index in [1.807, 2.05) is 0 Å². The van der Waals surface area contributed by atoms with Crippen molar-refractivity contribution in [2.75, 3.05) is 5.01 Å². The standard InChI is InChI=1S/C9H7N5O2/c10-5-9(6-11)13(12)7-1-3-8(4-2-7)14(15)16/h1-4,9H,12H2. The summed E-state index contributed by atoms with van der Waals surface area (Å²) in [4.78, 5) is 9.84. The molecule has 0 aliphatic rings. The van der Waals surface area contributed by atoms with Gasteiger partial charge in [-0.15, -0.1) is 0 Å². The number of nitro benzene ring substituents is 1. The summed E-state index contributed by atoms with van der Waals surface area (Å²) in [7, 11) is 0. The zero-order chi connectivity index (χ0) is 12.1. The second-order valence-electron chi connectivity index (χ2n) is 2.84. The van der Waals surface area contributed by atoms with E-state index in [0.29, 0.717) is 5.69 Å². The molecule has 7 nitrogen and oxygen atoms in total. The average molecular weight is 217 g/mol. The lowest BCUT2D eigenvalue weighted by molar-refractivity contribution is -0.384. The van der Waals surface area contributed by atoms with E-state index in [9.17, 15) is 10.1 Å². The molecule has 0 radical (unpaired) electrons. The van der Waals surface area contributed by atoms with E-state index < -0.39 is 11.0 Å². The normalized spacial score (nSPS) is 9.25. The summed E-state index contributed by atoms with van der Waals surface area (Å²) in [6.07, 6.45) is 0. The molecule has 0 atom stereocenters. The van der Waals surface area contributed by atoms with Gasteiger partial charge in [-0.2, -0.15) is 10.5 Å². The Labute approximate surface area is 91.0 Å². The molecule has 0 bridgehead atoms. The summed E-state index contributed by atoms with van der Waals surface area (Å²) < 4.78 is 0. The van der Waals surface area contributed by atoms with Crippen molar-refractivity contribution < 1.29 is 4.92 Å². The fourth-order valence-electron chi connectivity index (χ4n) is 1.05. The van der Waals surface area contributed by atoms with Crippen molar-refractivity contribution >= 4 is 11.4 Å². The minimum absolute atomic E-state index is 0.0809. The Morgan fingerprint density at radius 1 is 1.31 bits per heavy atom. The number of nitriles is 2. The molecule has 0 fully saturated rings. The molecule has 7 heteroatoms. The predicted molar refractivity (Wildman–Crippen MR) is 54.8 cm³/mol. The fraction of sp³-hybridized carbons (Fsp3) is 0.111. The van der Waals surface area contributed by atoms with Crippen LogP contribution in [-0.2, 0) is 0 Å². The van der Waals surface area contributed by atoms with Crippen LogP contribution in [0.25, 0.3) is 0 Å². The van der Waals surface area contributed by atoms with Crippen LogP contribution in [0.2, 0.25) is 0 Å². The zero-order valence-corrected chi connectivity index (χ0v) is 8.07. The van der Waals surface area contributed by atoms with E-state index in [1.54, 1.807) is 12.1 Å². The number of hydrogen-bond donors (Lipinski definition) is 1. The molecule has 80 valence electrons.